The lowest BCUT2D eigenvalue weighted by atomic mass is 9.96. The number of pyridine rings is 1. The molecule has 1 aliphatic carbocycles. The summed E-state index contributed by atoms with van der Waals surface area (Å²) in [5.74, 6) is 0.936. The molecular weight excluding hydrogens is 428 g/mol. The van der Waals surface area contributed by atoms with Gasteiger partial charge in [0.25, 0.3) is 0 Å². The molecule has 1 aromatic carbocycles. The Bertz CT molecular complexity index is 1120. The van der Waals surface area contributed by atoms with E-state index in [1.54, 1.807) is 0 Å². The van der Waals surface area contributed by atoms with Crippen molar-refractivity contribution in [2.24, 2.45) is 0 Å². The van der Waals surface area contributed by atoms with E-state index in [0.29, 0.717) is 6.10 Å². The molecule has 3 aromatic rings. The molecule has 0 radical (unpaired) electrons. The second-order valence-electron chi connectivity index (χ2n) is 9.09. The van der Waals surface area contributed by atoms with E-state index in [-0.39, 0.29) is 12.1 Å². The fourth-order valence-corrected chi connectivity index (χ4v) is 5.79. The standard InChI is InChI=1S/C27H32N4OS/c1-4-30-18(2)17-23(19(30)3)26-25(24-11-7-8-16-28-24)29-27(33)31(26)20-12-14-22(15-13-20)32-21-9-5-6-10-21/h7-8,11-17,21,25-26H,4-6,9-10H2,1-3H3,(H,29,33). The van der Waals surface area contributed by atoms with Crippen LogP contribution in [0.5, 0.6) is 5.75 Å². The van der Waals surface area contributed by atoms with Crippen molar-refractivity contribution in [2.45, 2.75) is 71.2 Å². The van der Waals surface area contributed by atoms with Gasteiger partial charge < -0.3 is 19.5 Å². The predicted octanol–water partition coefficient (Wildman–Crippen LogP) is 6.02. The largest absolute Gasteiger partial charge is 0.490 e. The van der Waals surface area contributed by atoms with Gasteiger partial charge in [0.2, 0.25) is 0 Å². The monoisotopic (exact) mass is 460 g/mol. The van der Waals surface area contributed by atoms with Gasteiger partial charge in [-0.1, -0.05) is 6.07 Å². The van der Waals surface area contributed by atoms with E-state index in [2.05, 4.69) is 76.9 Å². The first kappa shape index (κ1) is 22.0. The Morgan fingerprint density at radius 3 is 2.48 bits per heavy atom. The molecule has 172 valence electrons. The van der Waals surface area contributed by atoms with Crippen molar-refractivity contribution in [3.8, 4) is 5.75 Å². The van der Waals surface area contributed by atoms with Crippen LogP contribution < -0.4 is 15.0 Å². The Balaban J connectivity index is 1.52. The molecular formula is C27H32N4OS. The number of nitrogens with zero attached hydrogens (tertiary/aromatic N) is 3. The lowest BCUT2D eigenvalue weighted by Gasteiger charge is -2.28. The Hall–Kier alpha value is -2.86. The fourth-order valence-electron chi connectivity index (χ4n) is 5.45. The summed E-state index contributed by atoms with van der Waals surface area (Å²) in [6.07, 6.45) is 7.05. The van der Waals surface area contributed by atoms with Crippen LogP contribution in [0.3, 0.4) is 0 Å². The summed E-state index contributed by atoms with van der Waals surface area (Å²) in [5, 5.41) is 4.29. The second-order valence-corrected chi connectivity index (χ2v) is 9.47. The molecule has 0 spiro atoms. The van der Waals surface area contributed by atoms with E-state index in [0.717, 1.165) is 41.6 Å². The third-order valence-electron chi connectivity index (χ3n) is 7.07. The molecule has 0 amide bonds. The number of aryl methyl sites for hydroxylation is 1. The molecule has 2 atom stereocenters. The smallest absolute Gasteiger partial charge is 0.174 e. The van der Waals surface area contributed by atoms with Gasteiger partial charge in [-0.15, -0.1) is 0 Å². The number of hydrogen-bond acceptors (Lipinski definition) is 3. The molecule has 2 aromatic heterocycles. The summed E-state index contributed by atoms with van der Waals surface area (Å²) < 4.78 is 8.56. The van der Waals surface area contributed by atoms with Crippen molar-refractivity contribution < 1.29 is 4.74 Å². The second kappa shape index (κ2) is 9.18. The zero-order valence-corrected chi connectivity index (χ0v) is 20.4. The van der Waals surface area contributed by atoms with Crippen molar-refractivity contribution in [1.82, 2.24) is 14.9 Å². The minimum absolute atomic E-state index is 0.0144. The van der Waals surface area contributed by atoms with E-state index in [1.807, 2.05) is 18.3 Å². The molecule has 1 N–H and O–H groups in total. The van der Waals surface area contributed by atoms with Crippen LogP contribution in [0.1, 0.15) is 67.3 Å². The number of anilines is 1. The van der Waals surface area contributed by atoms with Gasteiger partial charge in [0.05, 0.1) is 23.9 Å². The molecule has 1 saturated heterocycles. The number of rotatable bonds is 6. The van der Waals surface area contributed by atoms with Crippen molar-refractivity contribution in [2.75, 3.05) is 4.90 Å². The van der Waals surface area contributed by atoms with Gasteiger partial charge in [-0.05, 0) is 107 Å². The van der Waals surface area contributed by atoms with Crippen molar-refractivity contribution >= 4 is 23.0 Å². The molecule has 3 heterocycles. The number of thiocarbonyl (C=S) groups is 1. The summed E-state index contributed by atoms with van der Waals surface area (Å²) in [6, 6.07) is 16.8. The Morgan fingerprint density at radius 2 is 1.85 bits per heavy atom. The predicted molar refractivity (Wildman–Crippen MR) is 137 cm³/mol. The fraction of sp³-hybridized carbons (Fsp3) is 0.407. The van der Waals surface area contributed by atoms with Gasteiger partial charge >= 0.3 is 0 Å². The molecule has 33 heavy (non-hydrogen) atoms. The maximum atomic E-state index is 6.19. The van der Waals surface area contributed by atoms with E-state index in [9.17, 15) is 0 Å². The molecule has 1 saturated carbocycles. The highest BCUT2D eigenvalue weighted by Gasteiger charge is 2.42. The lowest BCUT2D eigenvalue weighted by Crippen LogP contribution is -2.29. The minimum atomic E-state index is -0.0288. The third-order valence-corrected chi connectivity index (χ3v) is 7.38. The van der Waals surface area contributed by atoms with Crippen LogP contribution in [0, 0.1) is 13.8 Å². The summed E-state index contributed by atoms with van der Waals surface area (Å²) >= 11 is 5.89. The Kier molecular flexibility index (Phi) is 6.11. The van der Waals surface area contributed by atoms with Crippen LogP contribution in [0.25, 0.3) is 0 Å². The van der Waals surface area contributed by atoms with Crippen LogP contribution in [-0.2, 0) is 6.54 Å². The molecule has 1 aliphatic heterocycles. The summed E-state index contributed by atoms with van der Waals surface area (Å²) in [6.45, 7) is 7.53. The first-order valence-electron chi connectivity index (χ1n) is 12.0. The molecule has 5 nitrogen and oxygen atoms in total. The molecule has 5 rings (SSSR count). The van der Waals surface area contributed by atoms with Gasteiger partial charge in [0.15, 0.2) is 5.11 Å². The highest BCUT2D eigenvalue weighted by molar-refractivity contribution is 7.80. The molecule has 6 heteroatoms. The molecule has 0 bridgehead atoms. The van der Waals surface area contributed by atoms with E-state index in [1.165, 1.54) is 29.8 Å². The van der Waals surface area contributed by atoms with Gasteiger partial charge in [-0.2, -0.15) is 0 Å². The van der Waals surface area contributed by atoms with Crippen molar-refractivity contribution in [3.63, 3.8) is 0 Å². The van der Waals surface area contributed by atoms with Crippen LogP contribution in [0.2, 0.25) is 0 Å². The van der Waals surface area contributed by atoms with Crippen LogP contribution in [0.4, 0.5) is 5.69 Å². The quantitative estimate of drug-likeness (QED) is 0.456. The van der Waals surface area contributed by atoms with Gasteiger partial charge in [0, 0.05) is 29.8 Å². The SMILES string of the molecule is CCn1c(C)cc(C2C(c3ccccn3)NC(=S)N2c2ccc(OC3CCCC3)cc2)c1C. The number of benzene rings is 1. The van der Waals surface area contributed by atoms with E-state index < -0.39 is 0 Å². The zero-order valence-electron chi connectivity index (χ0n) is 19.6. The first-order chi connectivity index (χ1) is 16.1. The minimum Gasteiger partial charge on any atom is -0.490 e. The van der Waals surface area contributed by atoms with Gasteiger partial charge in [-0.3, -0.25) is 4.98 Å². The van der Waals surface area contributed by atoms with Crippen LogP contribution in [-0.4, -0.2) is 20.8 Å². The van der Waals surface area contributed by atoms with Gasteiger partial charge in [-0.25, -0.2) is 0 Å². The van der Waals surface area contributed by atoms with Crippen molar-refractivity contribution in [1.29, 1.82) is 0 Å². The number of aromatic nitrogens is 2. The summed E-state index contributed by atoms with van der Waals surface area (Å²) in [5.41, 5.74) is 5.89. The third kappa shape index (κ3) is 4.12. The average molecular weight is 461 g/mol. The lowest BCUT2D eigenvalue weighted by molar-refractivity contribution is 0.210. The van der Waals surface area contributed by atoms with Crippen molar-refractivity contribution in [3.05, 3.63) is 77.4 Å². The zero-order chi connectivity index (χ0) is 22.9. The number of ether oxygens (including phenoxy) is 1. The van der Waals surface area contributed by atoms with Gasteiger partial charge in [0.1, 0.15) is 5.75 Å². The Labute approximate surface area is 201 Å². The molecule has 2 fully saturated rings. The van der Waals surface area contributed by atoms with Crippen LogP contribution in [0.15, 0.2) is 54.7 Å². The van der Waals surface area contributed by atoms with E-state index >= 15 is 0 Å². The maximum Gasteiger partial charge on any atom is 0.174 e. The topological polar surface area (TPSA) is 42.3 Å². The molecule has 2 unspecified atom stereocenters. The van der Waals surface area contributed by atoms with Crippen LogP contribution >= 0.6 is 12.2 Å². The average Bonchev–Trinajstić information content (AvgIpc) is 3.53. The summed E-state index contributed by atoms with van der Waals surface area (Å²) in [7, 11) is 0. The van der Waals surface area contributed by atoms with E-state index in [4.69, 9.17) is 17.0 Å². The summed E-state index contributed by atoms with van der Waals surface area (Å²) in [4.78, 5) is 6.92. The molecule has 2 aliphatic rings. The number of hydrogen-bond donors (Lipinski definition) is 1. The highest BCUT2D eigenvalue weighted by Crippen LogP contribution is 2.43. The highest BCUT2D eigenvalue weighted by atomic mass is 32.1. The number of nitrogens with one attached hydrogen (secondary N) is 1. The normalized spacial score (nSPS) is 20.9. The first-order valence-corrected chi connectivity index (χ1v) is 12.4. The Morgan fingerprint density at radius 1 is 1.09 bits per heavy atom. The maximum absolute atomic E-state index is 6.19.